The minimum absolute atomic E-state index is 0.0824. The lowest BCUT2D eigenvalue weighted by atomic mass is 9.70. The summed E-state index contributed by atoms with van der Waals surface area (Å²) in [5.74, 6) is 0.176. The Morgan fingerprint density at radius 2 is 1.89 bits per heavy atom. The zero-order chi connectivity index (χ0) is 30.9. The van der Waals surface area contributed by atoms with Gasteiger partial charge in [0.2, 0.25) is 5.91 Å². The van der Waals surface area contributed by atoms with Gasteiger partial charge in [0.15, 0.2) is 5.82 Å². The summed E-state index contributed by atoms with van der Waals surface area (Å²) in [7, 11) is 0. The summed E-state index contributed by atoms with van der Waals surface area (Å²) in [6.45, 7) is 7.70. The van der Waals surface area contributed by atoms with Gasteiger partial charge in [0.25, 0.3) is 5.56 Å². The van der Waals surface area contributed by atoms with Crippen LogP contribution in [0.2, 0.25) is 0 Å². The predicted molar refractivity (Wildman–Crippen MR) is 172 cm³/mol. The Balaban J connectivity index is 1.08. The highest BCUT2D eigenvalue weighted by molar-refractivity contribution is 7.12. The molecule has 3 aromatic rings. The zero-order valence-corrected chi connectivity index (χ0v) is 26.8. The third-order valence-corrected chi connectivity index (χ3v) is 10.2. The summed E-state index contributed by atoms with van der Waals surface area (Å²) in [5, 5.41) is 6.49. The molecule has 2 amide bonds. The molecule has 2 aliphatic heterocycles. The van der Waals surface area contributed by atoms with Crippen LogP contribution in [0.3, 0.4) is 0 Å². The van der Waals surface area contributed by atoms with Gasteiger partial charge in [0, 0.05) is 28.2 Å². The second-order valence-corrected chi connectivity index (χ2v) is 14.8. The Hall–Kier alpha value is -3.66. The van der Waals surface area contributed by atoms with E-state index in [9.17, 15) is 14.4 Å². The van der Waals surface area contributed by atoms with Crippen molar-refractivity contribution in [2.24, 2.45) is 5.41 Å². The van der Waals surface area contributed by atoms with E-state index in [4.69, 9.17) is 4.74 Å². The molecule has 0 spiro atoms. The number of hydrogen-bond acceptors (Lipinski definition) is 7. The third kappa shape index (κ3) is 6.70. The number of ether oxygens (including phenoxy) is 1. The number of nitrogens with one attached hydrogen (secondary N) is 2. The van der Waals surface area contributed by atoms with Gasteiger partial charge in [0.05, 0.1) is 19.6 Å². The van der Waals surface area contributed by atoms with Crippen molar-refractivity contribution in [3.05, 3.63) is 79.5 Å². The monoisotopic (exact) mass is 617 g/mol. The van der Waals surface area contributed by atoms with Gasteiger partial charge in [0.1, 0.15) is 11.6 Å². The first-order valence-electron chi connectivity index (χ1n) is 15.8. The van der Waals surface area contributed by atoms with E-state index in [0.29, 0.717) is 44.8 Å². The summed E-state index contributed by atoms with van der Waals surface area (Å²) in [6.07, 6.45) is 9.54. The standard InChI is InChI=1S/C34H43N5O4S/c1-33(2,3)43-32(42)38-20-24-16-26(44-28(24)21-38)19-36-30(40)27-13-12-25-18-35-29(31(41)39(25)27)37-22-34(14-8-5-9-15-34)17-23-10-6-4-7-11-23/h4,6-7,10-11,16,18,27H,5,8-9,12-15,17,19-22H2,1-3H3,(H,35,37)(H,36,40). The van der Waals surface area contributed by atoms with Crippen LogP contribution in [0, 0.1) is 5.41 Å². The van der Waals surface area contributed by atoms with E-state index in [0.717, 1.165) is 40.3 Å². The molecule has 2 aromatic heterocycles. The molecular weight excluding hydrogens is 574 g/mol. The highest BCUT2D eigenvalue weighted by atomic mass is 32.1. The van der Waals surface area contributed by atoms with Crippen LogP contribution in [0.25, 0.3) is 0 Å². The molecule has 1 unspecified atom stereocenters. The van der Waals surface area contributed by atoms with E-state index in [1.165, 1.54) is 24.8 Å². The quantitative estimate of drug-likeness (QED) is 0.323. The molecule has 234 valence electrons. The summed E-state index contributed by atoms with van der Waals surface area (Å²) in [5.41, 5.74) is 2.55. The van der Waals surface area contributed by atoms with Crippen molar-refractivity contribution < 1.29 is 14.3 Å². The number of benzene rings is 1. The average Bonchev–Trinajstić information content (AvgIpc) is 3.70. The van der Waals surface area contributed by atoms with Gasteiger partial charge in [-0.2, -0.15) is 0 Å². The fraction of sp³-hybridized carbons (Fsp3) is 0.529. The number of carbonyl (C=O) groups is 2. The van der Waals surface area contributed by atoms with Gasteiger partial charge in [-0.1, -0.05) is 49.6 Å². The normalized spacial score (nSPS) is 18.9. The number of rotatable bonds is 8. The smallest absolute Gasteiger partial charge is 0.410 e. The highest BCUT2D eigenvalue weighted by Gasteiger charge is 2.35. The molecule has 1 aliphatic carbocycles. The van der Waals surface area contributed by atoms with Gasteiger partial charge >= 0.3 is 6.09 Å². The van der Waals surface area contributed by atoms with Crippen molar-refractivity contribution in [1.29, 1.82) is 0 Å². The molecule has 1 fully saturated rings. The van der Waals surface area contributed by atoms with Crippen LogP contribution in [0.1, 0.15) is 91.9 Å². The molecule has 1 atom stereocenters. The van der Waals surface area contributed by atoms with Crippen LogP contribution >= 0.6 is 11.3 Å². The lowest BCUT2D eigenvalue weighted by Crippen LogP contribution is -2.38. The number of nitrogens with zero attached hydrogens (tertiary/aromatic N) is 3. The minimum atomic E-state index is -0.552. The second kappa shape index (κ2) is 12.4. The summed E-state index contributed by atoms with van der Waals surface area (Å²) < 4.78 is 7.15. The minimum Gasteiger partial charge on any atom is -0.444 e. The van der Waals surface area contributed by atoms with E-state index in [-0.39, 0.29) is 23.0 Å². The number of aromatic nitrogens is 2. The topological polar surface area (TPSA) is 106 Å². The maximum Gasteiger partial charge on any atom is 0.410 e. The summed E-state index contributed by atoms with van der Waals surface area (Å²) in [6, 6.07) is 12.1. The number of carbonyl (C=O) groups excluding carboxylic acids is 2. The third-order valence-electron chi connectivity index (χ3n) is 9.06. The van der Waals surface area contributed by atoms with Gasteiger partial charge in [-0.3, -0.25) is 19.1 Å². The van der Waals surface area contributed by atoms with Crippen LogP contribution in [0.15, 0.2) is 47.4 Å². The molecule has 44 heavy (non-hydrogen) atoms. The maximum absolute atomic E-state index is 13.7. The van der Waals surface area contributed by atoms with Crippen LogP contribution in [-0.2, 0) is 42.0 Å². The largest absolute Gasteiger partial charge is 0.444 e. The van der Waals surface area contributed by atoms with Crippen LogP contribution < -0.4 is 16.2 Å². The first kappa shape index (κ1) is 30.4. The Morgan fingerprint density at radius 3 is 2.61 bits per heavy atom. The highest BCUT2D eigenvalue weighted by Crippen LogP contribution is 2.39. The number of fused-ring (bicyclic) bond motifs is 2. The van der Waals surface area contributed by atoms with E-state index in [1.54, 1.807) is 27.0 Å². The van der Waals surface area contributed by atoms with Crippen LogP contribution in [-0.4, -0.2) is 38.6 Å². The van der Waals surface area contributed by atoms with Gasteiger partial charge in [-0.25, -0.2) is 9.78 Å². The number of hydrogen-bond donors (Lipinski definition) is 2. The molecule has 2 N–H and O–H groups in total. The molecule has 9 nitrogen and oxygen atoms in total. The molecule has 0 saturated heterocycles. The summed E-state index contributed by atoms with van der Waals surface area (Å²) >= 11 is 1.60. The molecule has 1 saturated carbocycles. The molecule has 10 heteroatoms. The van der Waals surface area contributed by atoms with Crippen molar-refractivity contribution in [2.75, 3.05) is 11.9 Å². The van der Waals surface area contributed by atoms with Gasteiger partial charge in [-0.15, -0.1) is 11.3 Å². The predicted octanol–water partition coefficient (Wildman–Crippen LogP) is 5.96. The van der Waals surface area contributed by atoms with Crippen molar-refractivity contribution in [1.82, 2.24) is 19.8 Å². The fourth-order valence-electron chi connectivity index (χ4n) is 6.89. The Labute approximate surface area is 263 Å². The number of anilines is 1. The molecule has 0 bridgehead atoms. The lowest BCUT2D eigenvalue weighted by Gasteiger charge is -2.38. The van der Waals surface area contributed by atoms with Crippen molar-refractivity contribution in [3.8, 4) is 0 Å². The molecule has 1 aromatic carbocycles. The van der Waals surface area contributed by atoms with E-state index in [1.807, 2.05) is 26.8 Å². The molecule has 0 radical (unpaired) electrons. The SMILES string of the molecule is CC(C)(C)OC(=O)N1Cc2cc(CNC(=O)C3CCc4cnc(NCC5(Cc6ccccc6)CCCCC5)c(=O)n43)sc2C1. The molecule has 6 rings (SSSR count). The second-order valence-electron chi connectivity index (χ2n) is 13.6. The first-order chi connectivity index (χ1) is 21.1. The summed E-state index contributed by atoms with van der Waals surface area (Å²) in [4.78, 5) is 47.9. The van der Waals surface area contributed by atoms with Crippen molar-refractivity contribution in [2.45, 2.75) is 103 Å². The van der Waals surface area contributed by atoms with Crippen molar-refractivity contribution >= 4 is 29.2 Å². The maximum atomic E-state index is 13.7. The fourth-order valence-corrected chi connectivity index (χ4v) is 8.03. The molecule has 4 heterocycles. The zero-order valence-electron chi connectivity index (χ0n) is 26.0. The van der Waals surface area contributed by atoms with E-state index < -0.39 is 11.6 Å². The number of aryl methyl sites for hydroxylation is 1. The molecular formula is C34H43N5O4S. The Bertz CT molecular complexity index is 1540. The van der Waals surface area contributed by atoms with E-state index >= 15 is 0 Å². The lowest BCUT2D eigenvalue weighted by molar-refractivity contribution is -0.124. The van der Waals surface area contributed by atoms with Crippen LogP contribution in [0.5, 0.6) is 0 Å². The van der Waals surface area contributed by atoms with Gasteiger partial charge in [-0.05, 0) is 75.5 Å². The van der Waals surface area contributed by atoms with Crippen molar-refractivity contribution in [3.63, 3.8) is 0 Å². The number of amides is 2. The van der Waals surface area contributed by atoms with Crippen LogP contribution in [0.4, 0.5) is 10.6 Å². The Morgan fingerprint density at radius 1 is 1.11 bits per heavy atom. The average molecular weight is 618 g/mol. The van der Waals surface area contributed by atoms with Gasteiger partial charge < -0.3 is 15.4 Å². The Kier molecular flexibility index (Phi) is 8.55. The number of thiophene rings is 1. The first-order valence-corrected chi connectivity index (χ1v) is 16.7. The van der Waals surface area contributed by atoms with E-state index in [2.05, 4.69) is 45.9 Å². The molecule has 3 aliphatic rings.